The number of aromatic nitrogens is 1. The van der Waals surface area contributed by atoms with Crippen molar-refractivity contribution < 1.29 is 4.79 Å². The molecule has 104 valence electrons. The maximum atomic E-state index is 12.3. The number of rotatable bonds is 3. The molecule has 20 heavy (non-hydrogen) atoms. The fourth-order valence-electron chi connectivity index (χ4n) is 4.11. The number of nitrogens with zero attached hydrogens (tertiary/aromatic N) is 1. The van der Waals surface area contributed by atoms with Gasteiger partial charge in [-0.3, -0.25) is 4.79 Å². The van der Waals surface area contributed by atoms with Crippen LogP contribution in [0.1, 0.15) is 25.7 Å². The Morgan fingerprint density at radius 1 is 1.20 bits per heavy atom. The summed E-state index contributed by atoms with van der Waals surface area (Å²) in [6, 6.07) is 10.7. The predicted molar refractivity (Wildman–Crippen MR) is 79.3 cm³/mol. The molecule has 1 aromatic carbocycles. The van der Waals surface area contributed by atoms with Gasteiger partial charge in [-0.05, 0) is 48.6 Å². The normalized spacial score (nSPS) is 28.1. The SMILES string of the molecule is O=C(Cn1ccc2ccccc21)N[C@@H]1C[C@H]2CC[C@H]1C2. The topological polar surface area (TPSA) is 34.0 Å². The van der Waals surface area contributed by atoms with Gasteiger partial charge in [0, 0.05) is 17.8 Å². The van der Waals surface area contributed by atoms with E-state index in [-0.39, 0.29) is 5.91 Å². The van der Waals surface area contributed by atoms with Gasteiger partial charge in [-0.15, -0.1) is 0 Å². The van der Waals surface area contributed by atoms with Crippen LogP contribution >= 0.6 is 0 Å². The molecule has 1 N–H and O–H groups in total. The van der Waals surface area contributed by atoms with Gasteiger partial charge in [0.2, 0.25) is 5.91 Å². The van der Waals surface area contributed by atoms with Crippen LogP contribution in [0.3, 0.4) is 0 Å². The number of hydrogen-bond acceptors (Lipinski definition) is 1. The lowest BCUT2D eigenvalue weighted by molar-refractivity contribution is -0.122. The summed E-state index contributed by atoms with van der Waals surface area (Å²) in [7, 11) is 0. The first-order valence-corrected chi connectivity index (χ1v) is 7.63. The van der Waals surface area contributed by atoms with Crippen molar-refractivity contribution in [3.63, 3.8) is 0 Å². The van der Waals surface area contributed by atoms with Crippen LogP contribution < -0.4 is 5.32 Å². The van der Waals surface area contributed by atoms with E-state index in [1.54, 1.807) is 0 Å². The minimum atomic E-state index is 0.156. The zero-order valence-corrected chi connectivity index (χ0v) is 11.6. The molecule has 4 rings (SSSR count). The van der Waals surface area contributed by atoms with E-state index < -0.39 is 0 Å². The van der Waals surface area contributed by atoms with Crippen LogP contribution in [0.2, 0.25) is 0 Å². The molecule has 2 aromatic rings. The van der Waals surface area contributed by atoms with Crippen LogP contribution in [0.4, 0.5) is 0 Å². The van der Waals surface area contributed by atoms with Gasteiger partial charge in [-0.1, -0.05) is 24.6 Å². The first-order valence-electron chi connectivity index (χ1n) is 7.63. The summed E-state index contributed by atoms with van der Waals surface area (Å²) in [5.74, 6) is 1.77. The molecule has 1 heterocycles. The second kappa shape index (κ2) is 4.65. The van der Waals surface area contributed by atoms with Crippen molar-refractivity contribution in [2.75, 3.05) is 0 Å². The van der Waals surface area contributed by atoms with E-state index in [0.717, 1.165) is 17.4 Å². The lowest BCUT2D eigenvalue weighted by atomic mass is 9.95. The average Bonchev–Trinajstić information content (AvgIpc) is 3.14. The number of amides is 1. The highest BCUT2D eigenvalue weighted by Crippen LogP contribution is 2.44. The number of hydrogen-bond donors (Lipinski definition) is 1. The second-order valence-corrected chi connectivity index (χ2v) is 6.35. The molecule has 3 heteroatoms. The van der Waals surface area contributed by atoms with Gasteiger partial charge in [0.15, 0.2) is 0 Å². The number of benzene rings is 1. The Balaban J connectivity index is 1.45. The van der Waals surface area contributed by atoms with Gasteiger partial charge in [0.25, 0.3) is 0 Å². The van der Waals surface area contributed by atoms with E-state index in [0.29, 0.717) is 12.6 Å². The minimum Gasteiger partial charge on any atom is -0.352 e. The van der Waals surface area contributed by atoms with E-state index in [2.05, 4.69) is 23.5 Å². The Bertz CT molecular complexity index is 645. The molecule has 2 aliphatic carbocycles. The van der Waals surface area contributed by atoms with E-state index in [9.17, 15) is 4.79 Å². The standard InChI is InChI=1S/C17H20N2O/c20-17(18-15-10-12-5-6-14(15)9-12)11-19-8-7-13-3-1-2-4-16(13)19/h1-4,7-8,12,14-15H,5-6,9-11H2,(H,18,20)/t12-,14-,15+/m0/s1. The molecule has 3 nitrogen and oxygen atoms in total. The molecule has 2 aliphatic rings. The summed E-state index contributed by atoms with van der Waals surface area (Å²) >= 11 is 0. The van der Waals surface area contributed by atoms with E-state index in [1.165, 1.54) is 31.1 Å². The minimum absolute atomic E-state index is 0.156. The molecule has 0 radical (unpaired) electrons. The molecule has 3 atom stereocenters. The highest BCUT2D eigenvalue weighted by molar-refractivity contribution is 5.83. The van der Waals surface area contributed by atoms with Gasteiger partial charge >= 0.3 is 0 Å². The quantitative estimate of drug-likeness (QED) is 0.912. The third-order valence-electron chi connectivity index (χ3n) is 5.08. The number of nitrogens with one attached hydrogen (secondary N) is 1. The number of carbonyl (C=O) groups excluding carboxylic acids is 1. The highest BCUT2D eigenvalue weighted by Gasteiger charge is 2.39. The third kappa shape index (κ3) is 2.01. The first kappa shape index (κ1) is 12.0. The Kier molecular flexibility index (Phi) is 2.79. The fraction of sp³-hybridized carbons (Fsp3) is 0.471. The molecule has 0 aliphatic heterocycles. The third-order valence-corrected chi connectivity index (χ3v) is 5.08. The molecule has 0 unspecified atom stereocenters. The maximum absolute atomic E-state index is 12.3. The lowest BCUT2D eigenvalue weighted by Crippen LogP contribution is -2.40. The summed E-state index contributed by atoms with van der Waals surface area (Å²) < 4.78 is 2.04. The molecule has 2 saturated carbocycles. The smallest absolute Gasteiger partial charge is 0.240 e. The summed E-state index contributed by atoms with van der Waals surface area (Å²) in [6.07, 6.45) is 7.21. The Hall–Kier alpha value is -1.77. The Labute approximate surface area is 119 Å². The largest absolute Gasteiger partial charge is 0.352 e. The molecule has 2 bridgehead atoms. The first-order chi connectivity index (χ1) is 9.79. The Morgan fingerprint density at radius 3 is 2.90 bits per heavy atom. The average molecular weight is 268 g/mol. The second-order valence-electron chi connectivity index (χ2n) is 6.35. The van der Waals surface area contributed by atoms with Gasteiger partial charge in [-0.25, -0.2) is 0 Å². The van der Waals surface area contributed by atoms with Crippen LogP contribution in [0.5, 0.6) is 0 Å². The molecular weight excluding hydrogens is 248 g/mol. The molecule has 2 fully saturated rings. The van der Waals surface area contributed by atoms with Gasteiger partial charge in [-0.2, -0.15) is 0 Å². The van der Waals surface area contributed by atoms with Crippen LogP contribution in [-0.2, 0) is 11.3 Å². The van der Waals surface area contributed by atoms with Crippen molar-refractivity contribution in [1.29, 1.82) is 0 Å². The predicted octanol–water partition coefficient (Wildman–Crippen LogP) is 2.95. The molecular formula is C17H20N2O. The van der Waals surface area contributed by atoms with Gasteiger partial charge in [0.05, 0.1) is 0 Å². The molecule has 0 spiro atoms. The number of fused-ring (bicyclic) bond motifs is 3. The van der Waals surface area contributed by atoms with Gasteiger partial charge < -0.3 is 9.88 Å². The van der Waals surface area contributed by atoms with Crippen molar-refractivity contribution >= 4 is 16.8 Å². The van der Waals surface area contributed by atoms with Crippen LogP contribution in [0.25, 0.3) is 10.9 Å². The van der Waals surface area contributed by atoms with Crippen LogP contribution in [0.15, 0.2) is 36.5 Å². The van der Waals surface area contributed by atoms with Gasteiger partial charge in [0.1, 0.15) is 6.54 Å². The van der Waals surface area contributed by atoms with Crippen molar-refractivity contribution in [1.82, 2.24) is 9.88 Å². The molecule has 1 amide bonds. The van der Waals surface area contributed by atoms with Crippen LogP contribution in [0, 0.1) is 11.8 Å². The summed E-state index contributed by atoms with van der Waals surface area (Å²) in [6.45, 7) is 0.432. The van der Waals surface area contributed by atoms with Crippen molar-refractivity contribution in [3.8, 4) is 0 Å². The fourth-order valence-corrected chi connectivity index (χ4v) is 4.11. The molecule has 0 saturated heterocycles. The monoisotopic (exact) mass is 268 g/mol. The zero-order valence-electron chi connectivity index (χ0n) is 11.6. The van der Waals surface area contributed by atoms with E-state index in [4.69, 9.17) is 0 Å². The maximum Gasteiger partial charge on any atom is 0.240 e. The van der Waals surface area contributed by atoms with Crippen molar-refractivity contribution in [2.45, 2.75) is 38.3 Å². The summed E-state index contributed by atoms with van der Waals surface area (Å²) in [4.78, 5) is 12.3. The van der Waals surface area contributed by atoms with Crippen molar-refractivity contribution in [3.05, 3.63) is 36.5 Å². The molecule has 1 aromatic heterocycles. The van der Waals surface area contributed by atoms with Crippen molar-refractivity contribution in [2.24, 2.45) is 11.8 Å². The summed E-state index contributed by atoms with van der Waals surface area (Å²) in [5.41, 5.74) is 1.13. The van der Waals surface area contributed by atoms with E-state index in [1.807, 2.05) is 22.9 Å². The van der Waals surface area contributed by atoms with E-state index >= 15 is 0 Å². The summed E-state index contributed by atoms with van der Waals surface area (Å²) in [5, 5.41) is 4.45. The highest BCUT2D eigenvalue weighted by atomic mass is 16.2. The number of para-hydroxylation sites is 1. The zero-order chi connectivity index (χ0) is 13.5. The lowest BCUT2D eigenvalue weighted by Gasteiger charge is -2.23. The number of carbonyl (C=O) groups is 1. The van der Waals surface area contributed by atoms with Crippen LogP contribution in [-0.4, -0.2) is 16.5 Å². The Morgan fingerprint density at radius 2 is 2.10 bits per heavy atom.